The maximum atomic E-state index is 14.6. The van der Waals surface area contributed by atoms with Crippen molar-refractivity contribution in [2.24, 2.45) is 50.2 Å². The highest BCUT2D eigenvalue weighted by atomic mass is 16.5. The third-order valence-corrected chi connectivity index (χ3v) is 14.1. The summed E-state index contributed by atoms with van der Waals surface area (Å²) in [5.74, 6) is 0.173. The second kappa shape index (κ2) is 8.20. The number of amides is 1. The van der Waals surface area contributed by atoms with Crippen molar-refractivity contribution in [2.75, 3.05) is 7.11 Å². The van der Waals surface area contributed by atoms with Crippen molar-refractivity contribution in [1.82, 2.24) is 5.32 Å². The molecule has 5 aliphatic carbocycles. The van der Waals surface area contributed by atoms with Crippen LogP contribution in [0.25, 0.3) is 0 Å². The van der Waals surface area contributed by atoms with E-state index in [1.807, 2.05) is 19.9 Å². The molecule has 4 fully saturated rings. The van der Waals surface area contributed by atoms with Crippen LogP contribution in [0.4, 0.5) is 4.79 Å². The number of ketones is 2. The summed E-state index contributed by atoms with van der Waals surface area (Å²) in [6, 6.07) is 2.22. The Labute approximate surface area is 234 Å². The smallest absolute Gasteiger partial charge is 0.407 e. The zero-order valence-electron chi connectivity index (χ0n) is 25.5. The number of fused-ring (bicyclic) bond motifs is 7. The molecule has 0 aromatic rings. The van der Waals surface area contributed by atoms with Crippen molar-refractivity contribution in [3.8, 4) is 6.07 Å². The maximum Gasteiger partial charge on any atom is 0.407 e. The van der Waals surface area contributed by atoms with Crippen molar-refractivity contribution in [1.29, 1.82) is 5.26 Å². The van der Waals surface area contributed by atoms with Gasteiger partial charge in [-0.2, -0.15) is 5.26 Å². The Morgan fingerprint density at radius 2 is 1.56 bits per heavy atom. The Balaban J connectivity index is 1.65. The van der Waals surface area contributed by atoms with Gasteiger partial charge in [-0.1, -0.05) is 61.5 Å². The van der Waals surface area contributed by atoms with E-state index >= 15 is 0 Å². The first kappa shape index (κ1) is 28.4. The van der Waals surface area contributed by atoms with Crippen LogP contribution in [0.5, 0.6) is 0 Å². The van der Waals surface area contributed by atoms with E-state index in [2.05, 4.69) is 52.9 Å². The number of allylic oxidation sites excluding steroid dienone is 2. The summed E-state index contributed by atoms with van der Waals surface area (Å²) in [4.78, 5) is 40.6. The number of carbonyl (C=O) groups excluding carboxylic acids is 3. The van der Waals surface area contributed by atoms with Crippen molar-refractivity contribution in [3.05, 3.63) is 11.6 Å². The average molecular weight is 537 g/mol. The topological polar surface area (TPSA) is 96.3 Å². The quantitative estimate of drug-likeness (QED) is 0.398. The van der Waals surface area contributed by atoms with E-state index in [4.69, 9.17) is 4.74 Å². The fourth-order valence-corrected chi connectivity index (χ4v) is 10.9. The molecule has 214 valence electrons. The molecule has 0 aliphatic heterocycles. The molecule has 0 heterocycles. The molecule has 0 aromatic heterocycles. The van der Waals surface area contributed by atoms with Gasteiger partial charge in [0.1, 0.15) is 11.9 Å². The van der Waals surface area contributed by atoms with Crippen molar-refractivity contribution < 1.29 is 19.1 Å². The first-order chi connectivity index (χ1) is 17.9. The second-order valence-corrected chi connectivity index (χ2v) is 16.0. The highest BCUT2D eigenvalue weighted by Gasteiger charge is 2.74. The van der Waals surface area contributed by atoms with E-state index in [0.29, 0.717) is 12.2 Å². The van der Waals surface area contributed by atoms with E-state index in [0.717, 1.165) is 44.9 Å². The van der Waals surface area contributed by atoms with Gasteiger partial charge in [0, 0.05) is 23.3 Å². The number of ether oxygens (including phenoxy) is 1. The minimum absolute atomic E-state index is 0.0332. The van der Waals surface area contributed by atoms with Crippen molar-refractivity contribution in [2.45, 2.75) is 112 Å². The van der Waals surface area contributed by atoms with Crippen LogP contribution in [0.2, 0.25) is 0 Å². The SMILES string of the molecule is COC(=O)N[C@]12CCC(C)(C)C[C@H]1[C@H]1C(=O)C[C@@H]3[C@@]4(C)C=C(C#N)C(=O)C(C)(C)[C@]4(C)CC[C@@]3(C)[C@]1(C)CC2. The lowest BCUT2D eigenvalue weighted by Crippen LogP contribution is -2.73. The zero-order valence-corrected chi connectivity index (χ0v) is 25.5. The number of nitrogens with zero attached hydrogens (tertiary/aromatic N) is 1. The standard InChI is InChI=1S/C33H48N2O4/c1-27(2)10-14-33(35-26(38)39-9)15-12-30(6)24(21(33)18-27)22(36)16-23-29(30,5)11-13-32(8)28(3,4)25(37)20(19-34)17-31(23,32)7/h17,21,23-24H,10-16,18H2,1-9H3,(H,35,38)/t21-,23-,24-,29+,30+,31+,32-,33-/m0/s1. The van der Waals surface area contributed by atoms with Gasteiger partial charge in [0.05, 0.1) is 12.7 Å². The Morgan fingerprint density at radius 3 is 2.18 bits per heavy atom. The third kappa shape index (κ3) is 3.34. The molecule has 1 amide bonds. The first-order valence-electron chi connectivity index (χ1n) is 14.9. The second-order valence-electron chi connectivity index (χ2n) is 16.0. The van der Waals surface area contributed by atoms with Crippen LogP contribution in [0.1, 0.15) is 107 Å². The Bertz CT molecular complexity index is 1210. The monoisotopic (exact) mass is 536 g/mol. The number of hydrogen-bond donors (Lipinski definition) is 1. The summed E-state index contributed by atoms with van der Waals surface area (Å²) in [5.41, 5.74) is -1.98. The fraction of sp³-hybridized carbons (Fsp3) is 0.818. The lowest BCUT2D eigenvalue weighted by atomic mass is 9.29. The highest BCUT2D eigenvalue weighted by molar-refractivity contribution is 6.04. The summed E-state index contributed by atoms with van der Waals surface area (Å²) < 4.78 is 5.08. The van der Waals surface area contributed by atoms with E-state index in [9.17, 15) is 19.6 Å². The highest BCUT2D eigenvalue weighted by Crippen LogP contribution is 2.77. The molecular formula is C33H48N2O4. The molecule has 5 rings (SSSR count). The fourth-order valence-electron chi connectivity index (χ4n) is 10.9. The molecule has 0 spiro atoms. The number of nitriles is 1. The summed E-state index contributed by atoms with van der Waals surface area (Å²) >= 11 is 0. The largest absolute Gasteiger partial charge is 0.453 e. The molecule has 8 atom stereocenters. The number of alkyl carbamates (subject to hydrolysis) is 1. The van der Waals surface area contributed by atoms with Gasteiger partial charge in [-0.25, -0.2) is 4.79 Å². The number of hydrogen-bond acceptors (Lipinski definition) is 5. The third-order valence-electron chi connectivity index (χ3n) is 14.1. The van der Waals surface area contributed by atoms with Crippen LogP contribution in [0.3, 0.4) is 0 Å². The predicted octanol–water partition coefficient (Wildman–Crippen LogP) is 6.78. The van der Waals surface area contributed by atoms with E-state index in [-0.39, 0.29) is 50.8 Å². The molecule has 6 nitrogen and oxygen atoms in total. The van der Waals surface area contributed by atoms with Gasteiger partial charge >= 0.3 is 6.09 Å². The number of rotatable bonds is 1. The van der Waals surface area contributed by atoms with Crippen LogP contribution >= 0.6 is 0 Å². The normalized spacial score (nSPS) is 47.8. The van der Waals surface area contributed by atoms with Crippen LogP contribution in [-0.2, 0) is 14.3 Å². The molecule has 0 saturated heterocycles. The van der Waals surface area contributed by atoms with Crippen molar-refractivity contribution in [3.63, 3.8) is 0 Å². The van der Waals surface area contributed by atoms with Gasteiger partial charge in [0.25, 0.3) is 0 Å². The van der Waals surface area contributed by atoms with E-state index < -0.39 is 22.5 Å². The van der Waals surface area contributed by atoms with Gasteiger partial charge in [0.15, 0.2) is 5.78 Å². The predicted molar refractivity (Wildman–Crippen MR) is 149 cm³/mol. The van der Waals surface area contributed by atoms with Gasteiger partial charge in [-0.15, -0.1) is 0 Å². The minimum Gasteiger partial charge on any atom is -0.453 e. The molecule has 0 bridgehead atoms. The van der Waals surface area contributed by atoms with Gasteiger partial charge in [-0.05, 0) is 83.9 Å². The van der Waals surface area contributed by atoms with Crippen LogP contribution in [0.15, 0.2) is 11.6 Å². The molecular weight excluding hydrogens is 488 g/mol. The molecule has 6 heteroatoms. The molecule has 0 radical (unpaired) electrons. The van der Waals surface area contributed by atoms with Crippen LogP contribution in [-0.4, -0.2) is 30.3 Å². The Morgan fingerprint density at radius 1 is 0.949 bits per heavy atom. The van der Waals surface area contributed by atoms with Crippen molar-refractivity contribution >= 4 is 17.7 Å². The molecule has 1 N–H and O–H groups in total. The number of Topliss-reactive ketones (excluding diaryl/α,β-unsaturated/α-hetero) is 2. The number of nitrogens with one attached hydrogen (secondary N) is 1. The van der Waals surface area contributed by atoms with Gasteiger partial charge < -0.3 is 10.1 Å². The lowest BCUT2D eigenvalue weighted by Gasteiger charge is -2.74. The number of carbonyl (C=O) groups is 3. The Hall–Kier alpha value is -2.16. The van der Waals surface area contributed by atoms with Gasteiger partial charge in [0.2, 0.25) is 0 Å². The lowest BCUT2D eigenvalue weighted by molar-refractivity contribution is -0.232. The maximum absolute atomic E-state index is 14.6. The average Bonchev–Trinajstić information content (AvgIpc) is 2.86. The minimum atomic E-state index is -0.691. The summed E-state index contributed by atoms with van der Waals surface area (Å²) in [7, 11) is 1.41. The zero-order chi connectivity index (χ0) is 29.0. The van der Waals surface area contributed by atoms with Crippen LogP contribution in [0, 0.1) is 61.6 Å². The van der Waals surface area contributed by atoms with Crippen LogP contribution < -0.4 is 5.32 Å². The molecule has 5 aliphatic rings. The Kier molecular flexibility index (Phi) is 5.96. The number of methoxy groups -OCH3 is 1. The molecule has 0 unspecified atom stereocenters. The molecule has 39 heavy (non-hydrogen) atoms. The molecule has 4 saturated carbocycles. The van der Waals surface area contributed by atoms with E-state index in [1.165, 1.54) is 7.11 Å². The summed E-state index contributed by atoms with van der Waals surface area (Å²) in [6.07, 6.45) is 8.31. The summed E-state index contributed by atoms with van der Waals surface area (Å²) in [5, 5.41) is 13.2. The summed E-state index contributed by atoms with van der Waals surface area (Å²) in [6.45, 7) is 17.8. The van der Waals surface area contributed by atoms with Gasteiger partial charge in [-0.3, -0.25) is 9.59 Å². The molecule has 0 aromatic carbocycles. The van der Waals surface area contributed by atoms with E-state index in [1.54, 1.807) is 0 Å². The first-order valence-corrected chi connectivity index (χ1v) is 14.9.